The average molecular weight is 144 g/mol. The van der Waals surface area contributed by atoms with Crippen molar-refractivity contribution >= 4 is 11.6 Å². The summed E-state index contributed by atoms with van der Waals surface area (Å²) < 4.78 is 0. The van der Waals surface area contributed by atoms with Gasteiger partial charge < -0.3 is 5.11 Å². The Hall–Kier alpha value is -0.700. The van der Waals surface area contributed by atoms with Gasteiger partial charge in [-0.05, 0) is 13.8 Å². The molecular weight excluding hydrogens is 132 g/mol. The lowest BCUT2D eigenvalue weighted by Gasteiger charge is -1.99. The van der Waals surface area contributed by atoms with Crippen molar-refractivity contribution in [3.8, 4) is 0 Å². The molecule has 0 aromatic carbocycles. The molecule has 0 saturated carbocycles. The SMILES string of the molecule is CC(=O)CC(=O)C[C@@H](C)O. The standard InChI is InChI=1S/C7H12O3/c1-5(8)3-7(10)4-6(2)9/h5,8H,3-4H2,1-2H3/t5-/m1/s1. The van der Waals surface area contributed by atoms with Gasteiger partial charge in [-0.2, -0.15) is 0 Å². The summed E-state index contributed by atoms with van der Waals surface area (Å²) >= 11 is 0. The number of aliphatic hydroxyl groups is 1. The summed E-state index contributed by atoms with van der Waals surface area (Å²) in [5, 5.41) is 8.70. The summed E-state index contributed by atoms with van der Waals surface area (Å²) in [6.07, 6.45) is -0.600. The van der Waals surface area contributed by atoms with E-state index in [1.165, 1.54) is 13.8 Å². The molecule has 0 heterocycles. The largest absolute Gasteiger partial charge is 0.393 e. The Bertz CT molecular complexity index is 138. The highest BCUT2D eigenvalue weighted by Crippen LogP contribution is 1.95. The number of hydrogen-bond acceptors (Lipinski definition) is 3. The summed E-state index contributed by atoms with van der Waals surface area (Å²) in [4.78, 5) is 21.0. The zero-order chi connectivity index (χ0) is 8.15. The van der Waals surface area contributed by atoms with Gasteiger partial charge in [-0.15, -0.1) is 0 Å². The van der Waals surface area contributed by atoms with Crippen molar-refractivity contribution in [2.45, 2.75) is 32.8 Å². The average Bonchev–Trinajstić information content (AvgIpc) is 1.58. The van der Waals surface area contributed by atoms with Gasteiger partial charge in [-0.1, -0.05) is 0 Å². The number of hydrogen-bond donors (Lipinski definition) is 1. The highest BCUT2D eigenvalue weighted by Gasteiger charge is 2.07. The number of carbonyl (C=O) groups excluding carboxylic acids is 2. The van der Waals surface area contributed by atoms with E-state index in [4.69, 9.17) is 5.11 Å². The number of ketones is 2. The molecule has 1 atom stereocenters. The number of Topliss-reactive ketones (excluding diaryl/α,β-unsaturated/α-hetero) is 2. The molecule has 10 heavy (non-hydrogen) atoms. The van der Waals surface area contributed by atoms with Crippen LogP contribution in [0.25, 0.3) is 0 Å². The van der Waals surface area contributed by atoms with Gasteiger partial charge in [0.25, 0.3) is 0 Å². The fraction of sp³-hybridized carbons (Fsp3) is 0.714. The molecule has 3 heteroatoms. The van der Waals surface area contributed by atoms with Gasteiger partial charge in [0, 0.05) is 6.42 Å². The van der Waals surface area contributed by atoms with Crippen LogP contribution in [0.2, 0.25) is 0 Å². The van der Waals surface area contributed by atoms with Gasteiger partial charge in [0.15, 0.2) is 0 Å². The summed E-state index contributed by atoms with van der Waals surface area (Å²) in [5.74, 6) is -0.340. The van der Waals surface area contributed by atoms with E-state index < -0.39 is 6.10 Å². The maximum atomic E-state index is 10.7. The van der Waals surface area contributed by atoms with E-state index in [2.05, 4.69) is 0 Å². The van der Waals surface area contributed by atoms with E-state index in [9.17, 15) is 9.59 Å². The molecule has 0 unspecified atom stereocenters. The van der Waals surface area contributed by atoms with Crippen molar-refractivity contribution in [1.29, 1.82) is 0 Å². The van der Waals surface area contributed by atoms with Crippen LogP contribution in [0, 0.1) is 0 Å². The first-order chi connectivity index (χ1) is 4.52. The van der Waals surface area contributed by atoms with Crippen LogP contribution < -0.4 is 0 Å². The minimum atomic E-state index is -0.633. The molecule has 0 aliphatic carbocycles. The topological polar surface area (TPSA) is 54.4 Å². The quantitative estimate of drug-likeness (QED) is 0.577. The Morgan fingerprint density at radius 3 is 2.30 bits per heavy atom. The third kappa shape index (κ3) is 5.44. The van der Waals surface area contributed by atoms with Crippen LogP contribution in [0.1, 0.15) is 26.7 Å². The Labute approximate surface area is 60.0 Å². The lowest BCUT2D eigenvalue weighted by atomic mass is 10.1. The predicted molar refractivity (Wildman–Crippen MR) is 36.6 cm³/mol. The van der Waals surface area contributed by atoms with Gasteiger partial charge in [-0.25, -0.2) is 0 Å². The van der Waals surface area contributed by atoms with Gasteiger partial charge in [-0.3, -0.25) is 9.59 Å². The second-order valence-corrected chi connectivity index (χ2v) is 2.47. The van der Waals surface area contributed by atoms with Crippen molar-refractivity contribution in [2.24, 2.45) is 0 Å². The molecule has 0 aromatic rings. The Kier molecular flexibility index (Phi) is 3.88. The molecule has 0 fully saturated rings. The predicted octanol–water partition coefficient (Wildman–Crippen LogP) is 0.305. The monoisotopic (exact) mass is 144 g/mol. The molecule has 0 saturated heterocycles. The summed E-state index contributed by atoms with van der Waals surface area (Å²) in [6, 6.07) is 0. The number of rotatable bonds is 4. The maximum Gasteiger partial charge on any atom is 0.142 e. The van der Waals surface area contributed by atoms with Gasteiger partial charge in [0.05, 0.1) is 12.5 Å². The van der Waals surface area contributed by atoms with Crippen molar-refractivity contribution < 1.29 is 14.7 Å². The first-order valence-corrected chi connectivity index (χ1v) is 3.21. The molecule has 0 aliphatic heterocycles. The first-order valence-electron chi connectivity index (χ1n) is 3.21. The van der Waals surface area contributed by atoms with E-state index in [0.717, 1.165) is 0 Å². The number of aliphatic hydroxyl groups excluding tert-OH is 1. The lowest BCUT2D eigenvalue weighted by Crippen LogP contribution is -2.11. The fourth-order valence-corrected chi connectivity index (χ4v) is 0.679. The summed E-state index contributed by atoms with van der Waals surface area (Å²) in [5.41, 5.74) is 0. The van der Waals surface area contributed by atoms with Crippen LogP contribution in [0.5, 0.6) is 0 Å². The minimum Gasteiger partial charge on any atom is -0.393 e. The minimum absolute atomic E-state index is 0.0507. The first kappa shape index (κ1) is 9.30. The summed E-state index contributed by atoms with van der Waals surface area (Å²) in [7, 11) is 0. The molecule has 0 aliphatic rings. The second kappa shape index (κ2) is 4.17. The Morgan fingerprint density at radius 2 is 2.00 bits per heavy atom. The van der Waals surface area contributed by atoms with E-state index >= 15 is 0 Å². The van der Waals surface area contributed by atoms with Crippen LogP contribution >= 0.6 is 0 Å². The van der Waals surface area contributed by atoms with E-state index in [1.807, 2.05) is 0 Å². The Morgan fingerprint density at radius 1 is 1.50 bits per heavy atom. The van der Waals surface area contributed by atoms with E-state index in [0.29, 0.717) is 0 Å². The molecule has 0 amide bonds. The van der Waals surface area contributed by atoms with Crippen LogP contribution in [0.4, 0.5) is 0 Å². The van der Waals surface area contributed by atoms with E-state index in [1.54, 1.807) is 0 Å². The zero-order valence-electron chi connectivity index (χ0n) is 6.26. The molecule has 0 rings (SSSR count). The van der Waals surface area contributed by atoms with Crippen LogP contribution in [-0.2, 0) is 9.59 Å². The summed E-state index contributed by atoms with van der Waals surface area (Å²) in [6.45, 7) is 2.89. The van der Waals surface area contributed by atoms with Crippen molar-refractivity contribution in [2.75, 3.05) is 0 Å². The van der Waals surface area contributed by atoms with Gasteiger partial charge >= 0.3 is 0 Å². The van der Waals surface area contributed by atoms with Crippen molar-refractivity contribution in [3.63, 3.8) is 0 Å². The van der Waals surface area contributed by atoms with Crippen LogP contribution in [-0.4, -0.2) is 22.8 Å². The van der Waals surface area contributed by atoms with Crippen molar-refractivity contribution in [3.05, 3.63) is 0 Å². The maximum absolute atomic E-state index is 10.7. The lowest BCUT2D eigenvalue weighted by molar-refractivity contribution is -0.126. The molecule has 0 radical (unpaired) electrons. The molecule has 0 bridgehead atoms. The smallest absolute Gasteiger partial charge is 0.142 e. The molecule has 3 nitrogen and oxygen atoms in total. The molecule has 58 valence electrons. The van der Waals surface area contributed by atoms with E-state index in [-0.39, 0.29) is 24.4 Å². The molecule has 0 aromatic heterocycles. The number of carbonyl (C=O) groups is 2. The third-order valence-electron chi connectivity index (χ3n) is 0.969. The van der Waals surface area contributed by atoms with Gasteiger partial charge in [0.1, 0.15) is 11.6 Å². The van der Waals surface area contributed by atoms with Crippen LogP contribution in [0.15, 0.2) is 0 Å². The second-order valence-electron chi connectivity index (χ2n) is 2.47. The molecule has 0 spiro atoms. The van der Waals surface area contributed by atoms with Crippen molar-refractivity contribution in [1.82, 2.24) is 0 Å². The van der Waals surface area contributed by atoms with Crippen LogP contribution in [0.3, 0.4) is 0 Å². The fourth-order valence-electron chi connectivity index (χ4n) is 0.679. The Balaban J connectivity index is 3.54. The normalized spacial score (nSPS) is 12.7. The zero-order valence-corrected chi connectivity index (χ0v) is 6.26. The highest BCUT2D eigenvalue weighted by atomic mass is 16.3. The molecular formula is C7H12O3. The third-order valence-corrected chi connectivity index (χ3v) is 0.969. The molecule has 1 N–H and O–H groups in total. The van der Waals surface area contributed by atoms with Gasteiger partial charge in [0.2, 0.25) is 0 Å². The highest BCUT2D eigenvalue weighted by molar-refractivity contribution is 5.98.